The van der Waals surface area contributed by atoms with E-state index in [1.54, 1.807) is 37.4 Å². The summed E-state index contributed by atoms with van der Waals surface area (Å²) in [5.74, 6) is 0.880. The van der Waals surface area contributed by atoms with Crippen LogP contribution >= 0.6 is 0 Å². The number of rotatable bonds is 8. The van der Waals surface area contributed by atoms with Gasteiger partial charge in [-0.3, -0.25) is 14.9 Å². The number of nitro groups is 1. The molecule has 1 N–H and O–H groups in total. The first-order valence-electron chi connectivity index (χ1n) is 8.68. The maximum Gasteiger partial charge on any atom is 0.271 e. The molecule has 28 heavy (non-hydrogen) atoms. The molecule has 0 saturated heterocycles. The number of nitrogens with zero attached hydrogens (tertiary/aromatic N) is 3. The van der Waals surface area contributed by atoms with Crippen molar-refractivity contribution in [3.63, 3.8) is 0 Å². The summed E-state index contributed by atoms with van der Waals surface area (Å²) in [5, 5.41) is 18.4. The standard InChI is InChI=1S/C19H20N4O5/c1-13-7-8-18(28-13)16-12-17(19(24)20-9-4-10-27-2)22(21-16)14-5-3-6-15(11-14)23(25)26/h3,5-8,11-12H,4,9-10H2,1-2H3,(H,20,24). The third-order valence-electron chi connectivity index (χ3n) is 4.03. The fourth-order valence-corrected chi connectivity index (χ4v) is 2.68. The molecule has 1 amide bonds. The molecule has 0 bridgehead atoms. The van der Waals surface area contributed by atoms with E-state index in [0.29, 0.717) is 42.5 Å². The number of aromatic nitrogens is 2. The van der Waals surface area contributed by atoms with E-state index in [1.807, 2.05) is 6.92 Å². The maximum atomic E-state index is 12.7. The lowest BCUT2D eigenvalue weighted by molar-refractivity contribution is -0.384. The lowest BCUT2D eigenvalue weighted by Gasteiger charge is -2.08. The molecule has 0 radical (unpaired) electrons. The van der Waals surface area contributed by atoms with Crippen molar-refractivity contribution in [2.24, 2.45) is 0 Å². The Kier molecular flexibility index (Phi) is 5.85. The maximum absolute atomic E-state index is 12.7. The van der Waals surface area contributed by atoms with Gasteiger partial charge in [-0.1, -0.05) is 6.07 Å². The quantitative estimate of drug-likeness (QED) is 0.363. The summed E-state index contributed by atoms with van der Waals surface area (Å²) in [4.78, 5) is 23.3. The first-order valence-corrected chi connectivity index (χ1v) is 8.68. The molecule has 0 aliphatic heterocycles. The first-order chi connectivity index (χ1) is 13.5. The van der Waals surface area contributed by atoms with Crippen LogP contribution in [0.4, 0.5) is 5.69 Å². The Morgan fingerprint density at radius 2 is 2.14 bits per heavy atom. The minimum absolute atomic E-state index is 0.0881. The van der Waals surface area contributed by atoms with E-state index in [-0.39, 0.29) is 17.3 Å². The highest BCUT2D eigenvalue weighted by Crippen LogP contribution is 2.25. The number of hydrogen-bond acceptors (Lipinski definition) is 6. The van der Waals surface area contributed by atoms with Gasteiger partial charge in [0.2, 0.25) is 0 Å². The molecule has 3 rings (SSSR count). The van der Waals surface area contributed by atoms with Gasteiger partial charge in [-0.05, 0) is 31.5 Å². The van der Waals surface area contributed by atoms with Crippen LogP contribution in [0.5, 0.6) is 0 Å². The minimum atomic E-state index is -0.492. The van der Waals surface area contributed by atoms with E-state index < -0.39 is 4.92 Å². The van der Waals surface area contributed by atoms with Gasteiger partial charge in [-0.2, -0.15) is 5.10 Å². The number of amides is 1. The normalized spacial score (nSPS) is 10.8. The number of ether oxygens (including phenoxy) is 1. The van der Waals surface area contributed by atoms with Crippen molar-refractivity contribution >= 4 is 11.6 Å². The molecular weight excluding hydrogens is 364 g/mol. The van der Waals surface area contributed by atoms with Crippen LogP contribution in [0.3, 0.4) is 0 Å². The lowest BCUT2D eigenvalue weighted by Crippen LogP contribution is -2.27. The third kappa shape index (κ3) is 4.26. The van der Waals surface area contributed by atoms with Gasteiger partial charge in [0.15, 0.2) is 5.76 Å². The summed E-state index contributed by atoms with van der Waals surface area (Å²) >= 11 is 0. The Balaban J connectivity index is 1.99. The Bertz CT molecular complexity index is 992. The summed E-state index contributed by atoms with van der Waals surface area (Å²) in [6.45, 7) is 2.77. The van der Waals surface area contributed by atoms with E-state index in [4.69, 9.17) is 9.15 Å². The molecule has 0 atom stereocenters. The predicted octanol–water partition coefficient (Wildman–Crippen LogP) is 3.12. The van der Waals surface area contributed by atoms with Crippen LogP contribution in [0, 0.1) is 17.0 Å². The SMILES string of the molecule is COCCCNC(=O)c1cc(-c2ccc(C)o2)nn1-c1cccc([N+](=O)[O-])c1. The first kappa shape index (κ1) is 19.3. The van der Waals surface area contributed by atoms with Crippen molar-refractivity contribution in [3.05, 3.63) is 64.0 Å². The van der Waals surface area contributed by atoms with Crippen LogP contribution in [-0.4, -0.2) is 40.9 Å². The fraction of sp³-hybridized carbons (Fsp3) is 0.263. The number of non-ortho nitro benzene ring substituents is 1. The van der Waals surface area contributed by atoms with Crippen molar-refractivity contribution in [3.8, 4) is 17.1 Å². The predicted molar refractivity (Wildman–Crippen MR) is 101 cm³/mol. The number of methoxy groups -OCH3 is 1. The van der Waals surface area contributed by atoms with Crippen LogP contribution in [-0.2, 0) is 4.74 Å². The molecule has 0 saturated carbocycles. The van der Waals surface area contributed by atoms with Gasteiger partial charge >= 0.3 is 0 Å². The highest BCUT2D eigenvalue weighted by Gasteiger charge is 2.20. The molecule has 0 unspecified atom stereocenters. The molecule has 146 valence electrons. The summed E-state index contributed by atoms with van der Waals surface area (Å²) < 4.78 is 12.0. The number of nitro benzene ring substituents is 1. The zero-order valence-corrected chi connectivity index (χ0v) is 15.5. The molecular formula is C19H20N4O5. The molecule has 0 aliphatic carbocycles. The minimum Gasteiger partial charge on any atom is -0.460 e. The average molecular weight is 384 g/mol. The van der Waals surface area contributed by atoms with Crippen molar-refractivity contribution in [1.29, 1.82) is 0 Å². The van der Waals surface area contributed by atoms with Crippen molar-refractivity contribution in [2.45, 2.75) is 13.3 Å². The Labute approximate surface area is 161 Å². The molecule has 1 aromatic carbocycles. The van der Waals surface area contributed by atoms with Crippen LogP contribution < -0.4 is 5.32 Å². The summed E-state index contributed by atoms with van der Waals surface area (Å²) in [6, 6.07) is 11.1. The Morgan fingerprint density at radius 1 is 1.32 bits per heavy atom. The van der Waals surface area contributed by atoms with Gasteiger partial charge in [-0.15, -0.1) is 0 Å². The Morgan fingerprint density at radius 3 is 2.82 bits per heavy atom. The van der Waals surface area contributed by atoms with E-state index in [9.17, 15) is 14.9 Å². The number of nitrogens with one attached hydrogen (secondary N) is 1. The number of furan rings is 1. The third-order valence-corrected chi connectivity index (χ3v) is 4.03. The topological polar surface area (TPSA) is 112 Å². The molecule has 2 heterocycles. The molecule has 0 fully saturated rings. The van der Waals surface area contributed by atoms with E-state index in [0.717, 1.165) is 0 Å². The highest BCUT2D eigenvalue weighted by molar-refractivity contribution is 5.94. The van der Waals surface area contributed by atoms with Gasteiger partial charge in [0.05, 0.1) is 10.6 Å². The smallest absolute Gasteiger partial charge is 0.271 e. The van der Waals surface area contributed by atoms with Gasteiger partial charge in [0.1, 0.15) is 17.1 Å². The second kappa shape index (κ2) is 8.49. The summed E-state index contributed by atoms with van der Waals surface area (Å²) in [5.41, 5.74) is 1.03. The van der Waals surface area contributed by atoms with Gasteiger partial charge in [0, 0.05) is 38.5 Å². The molecule has 3 aromatic rings. The summed E-state index contributed by atoms with van der Waals surface area (Å²) in [7, 11) is 1.59. The van der Waals surface area contributed by atoms with Crippen molar-refractivity contribution in [1.82, 2.24) is 15.1 Å². The highest BCUT2D eigenvalue weighted by atomic mass is 16.6. The zero-order chi connectivity index (χ0) is 20.1. The van der Waals surface area contributed by atoms with E-state index in [2.05, 4.69) is 10.4 Å². The number of carbonyl (C=O) groups excluding carboxylic acids is 1. The van der Waals surface area contributed by atoms with Crippen LogP contribution in [0.2, 0.25) is 0 Å². The second-order valence-corrected chi connectivity index (χ2v) is 6.12. The van der Waals surface area contributed by atoms with Gasteiger partial charge in [-0.25, -0.2) is 4.68 Å². The molecule has 0 spiro atoms. The van der Waals surface area contributed by atoms with Crippen molar-refractivity contribution < 1.29 is 18.9 Å². The molecule has 0 aliphatic rings. The van der Waals surface area contributed by atoms with E-state index >= 15 is 0 Å². The van der Waals surface area contributed by atoms with Crippen LogP contribution in [0.1, 0.15) is 22.7 Å². The average Bonchev–Trinajstić information content (AvgIpc) is 3.31. The van der Waals surface area contributed by atoms with E-state index in [1.165, 1.54) is 16.8 Å². The molecule has 9 heteroatoms. The van der Waals surface area contributed by atoms with Crippen LogP contribution in [0.15, 0.2) is 46.9 Å². The monoisotopic (exact) mass is 384 g/mol. The van der Waals surface area contributed by atoms with Crippen molar-refractivity contribution in [2.75, 3.05) is 20.3 Å². The number of hydrogen-bond donors (Lipinski definition) is 1. The van der Waals surface area contributed by atoms with Crippen LogP contribution in [0.25, 0.3) is 17.1 Å². The summed E-state index contributed by atoms with van der Waals surface area (Å²) in [6.07, 6.45) is 0.664. The number of carbonyl (C=O) groups is 1. The molecule has 9 nitrogen and oxygen atoms in total. The lowest BCUT2D eigenvalue weighted by atomic mass is 10.2. The van der Waals surface area contributed by atoms with Gasteiger partial charge in [0.25, 0.3) is 11.6 Å². The second-order valence-electron chi connectivity index (χ2n) is 6.12. The zero-order valence-electron chi connectivity index (χ0n) is 15.5. The van der Waals surface area contributed by atoms with Gasteiger partial charge < -0.3 is 14.5 Å². The molecule has 2 aromatic heterocycles. The number of aryl methyl sites for hydroxylation is 1. The fourth-order valence-electron chi connectivity index (χ4n) is 2.68. The number of benzene rings is 1. The Hall–Kier alpha value is -3.46. The largest absolute Gasteiger partial charge is 0.460 e.